The van der Waals surface area contributed by atoms with E-state index in [1.54, 1.807) is 6.07 Å². The first kappa shape index (κ1) is 13.2. The molecular weight excluding hydrogens is 253 g/mol. The van der Waals surface area contributed by atoms with Crippen LogP contribution in [0.3, 0.4) is 0 Å². The molecule has 0 N–H and O–H groups in total. The second-order valence-electron chi connectivity index (χ2n) is 5.11. The monoisotopic (exact) mass is 271 g/mol. The Balaban J connectivity index is 2.05. The predicted molar refractivity (Wildman–Crippen MR) is 75.1 cm³/mol. The molecule has 1 saturated heterocycles. The van der Waals surface area contributed by atoms with Crippen LogP contribution in [0.2, 0.25) is 10.0 Å². The van der Waals surface area contributed by atoms with E-state index in [-0.39, 0.29) is 0 Å². The number of hydrogen-bond donors (Lipinski definition) is 0. The van der Waals surface area contributed by atoms with Gasteiger partial charge in [-0.3, -0.25) is 0 Å². The maximum atomic E-state index is 6.05. The molecule has 0 aliphatic carbocycles. The Bertz CT molecular complexity index is 362. The Morgan fingerprint density at radius 1 is 1.06 bits per heavy atom. The van der Waals surface area contributed by atoms with Gasteiger partial charge in [0.2, 0.25) is 0 Å². The first-order chi connectivity index (χ1) is 8.06. The van der Waals surface area contributed by atoms with Crippen LogP contribution < -0.4 is 0 Å². The lowest BCUT2D eigenvalue weighted by Gasteiger charge is -2.34. The summed E-state index contributed by atoms with van der Waals surface area (Å²) in [4.78, 5) is 2.53. The van der Waals surface area contributed by atoms with Gasteiger partial charge >= 0.3 is 0 Å². The van der Waals surface area contributed by atoms with Crippen molar-refractivity contribution in [3.8, 4) is 0 Å². The normalized spacial score (nSPS) is 18.9. The van der Waals surface area contributed by atoms with Crippen LogP contribution in [0.1, 0.15) is 38.2 Å². The Morgan fingerprint density at radius 3 is 2.06 bits per heavy atom. The number of benzene rings is 1. The van der Waals surface area contributed by atoms with Crippen molar-refractivity contribution in [3.63, 3.8) is 0 Å². The standard InChI is InChI=1S/C14H19Cl2N/c1-10(2)17-5-3-11(4-6-17)12-7-13(15)9-14(16)8-12/h7-11H,3-6H2,1-2H3. The second kappa shape index (κ2) is 5.60. The van der Waals surface area contributed by atoms with Gasteiger partial charge in [-0.1, -0.05) is 23.2 Å². The summed E-state index contributed by atoms with van der Waals surface area (Å²) in [6.45, 7) is 6.87. The molecule has 0 spiro atoms. The van der Waals surface area contributed by atoms with E-state index in [9.17, 15) is 0 Å². The molecule has 1 aliphatic heterocycles. The van der Waals surface area contributed by atoms with E-state index >= 15 is 0 Å². The molecule has 0 unspecified atom stereocenters. The van der Waals surface area contributed by atoms with Crippen LogP contribution in [-0.2, 0) is 0 Å². The van der Waals surface area contributed by atoms with Crippen LogP contribution >= 0.6 is 23.2 Å². The van der Waals surface area contributed by atoms with Gasteiger partial charge in [0.1, 0.15) is 0 Å². The minimum Gasteiger partial charge on any atom is -0.301 e. The van der Waals surface area contributed by atoms with Gasteiger partial charge in [-0.2, -0.15) is 0 Å². The zero-order chi connectivity index (χ0) is 12.4. The summed E-state index contributed by atoms with van der Waals surface area (Å²) in [5.41, 5.74) is 1.30. The topological polar surface area (TPSA) is 3.24 Å². The van der Waals surface area contributed by atoms with Crippen molar-refractivity contribution >= 4 is 23.2 Å². The lowest BCUT2D eigenvalue weighted by molar-refractivity contribution is 0.172. The molecule has 1 fully saturated rings. The molecule has 17 heavy (non-hydrogen) atoms. The largest absolute Gasteiger partial charge is 0.301 e. The van der Waals surface area contributed by atoms with Gasteiger partial charge in [0, 0.05) is 16.1 Å². The maximum Gasteiger partial charge on any atom is 0.0423 e. The Morgan fingerprint density at radius 2 is 1.59 bits per heavy atom. The zero-order valence-corrected chi connectivity index (χ0v) is 11.9. The lowest BCUT2D eigenvalue weighted by Crippen LogP contribution is -2.37. The van der Waals surface area contributed by atoms with Gasteiger partial charge in [-0.05, 0) is 69.5 Å². The van der Waals surface area contributed by atoms with Gasteiger partial charge in [0.05, 0.1) is 0 Å². The molecule has 0 bridgehead atoms. The Labute approximate surface area is 114 Å². The number of likely N-dealkylation sites (tertiary alicyclic amines) is 1. The van der Waals surface area contributed by atoms with Crippen molar-refractivity contribution in [1.82, 2.24) is 4.90 Å². The van der Waals surface area contributed by atoms with E-state index in [4.69, 9.17) is 23.2 Å². The summed E-state index contributed by atoms with van der Waals surface area (Å²) < 4.78 is 0. The van der Waals surface area contributed by atoms with Gasteiger partial charge in [0.15, 0.2) is 0 Å². The fraction of sp³-hybridized carbons (Fsp3) is 0.571. The number of rotatable bonds is 2. The van der Waals surface area contributed by atoms with Crippen molar-refractivity contribution in [2.24, 2.45) is 0 Å². The molecule has 2 rings (SSSR count). The molecule has 0 amide bonds. The Kier molecular flexibility index (Phi) is 4.35. The highest BCUT2D eigenvalue weighted by Gasteiger charge is 2.22. The van der Waals surface area contributed by atoms with Crippen molar-refractivity contribution in [2.75, 3.05) is 13.1 Å². The van der Waals surface area contributed by atoms with Crippen LogP contribution in [0.15, 0.2) is 18.2 Å². The van der Waals surface area contributed by atoms with E-state index in [0.29, 0.717) is 12.0 Å². The number of nitrogens with zero attached hydrogens (tertiary/aromatic N) is 1. The highest BCUT2D eigenvalue weighted by atomic mass is 35.5. The van der Waals surface area contributed by atoms with Crippen molar-refractivity contribution in [1.29, 1.82) is 0 Å². The summed E-state index contributed by atoms with van der Waals surface area (Å²) in [6, 6.07) is 6.57. The smallest absolute Gasteiger partial charge is 0.0423 e. The van der Waals surface area contributed by atoms with E-state index in [1.807, 2.05) is 0 Å². The SMILES string of the molecule is CC(C)N1CCC(c2cc(Cl)cc(Cl)c2)CC1. The summed E-state index contributed by atoms with van der Waals surface area (Å²) in [5, 5.41) is 1.50. The van der Waals surface area contributed by atoms with E-state index < -0.39 is 0 Å². The maximum absolute atomic E-state index is 6.05. The summed E-state index contributed by atoms with van der Waals surface area (Å²) >= 11 is 12.1. The average molecular weight is 272 g/mol. The summed E-state index contributed by atoms with van der Waals surface area (Å²) in [6.07, 6.45) is 2.41. The summed E-state index contributed by atoms with van der Waals surface area (Å²) in [5.74, 6) is 0.612. The highest BCUT2D eigenvalue weighted by molar-refractivity contribution is 6.34. The third kappa shape index (κ3) is 3.37. The molecule has 0 saturated carbocycles. The lowest BCUT2D eigenvalue weighted by atomic mass is 9.89. The molecule has 1 aliphatic rings. The molecule has 3 heteroatoms. The van der Waals surface area contributed by atoms with Gasteiger partial charge in [-0.15, -0.1) is 0 Å². The molecule has 0 atom stereocenters. The predicted octanol–water partition coefficient (Wildman–Crippen LogP) is 4.58. The van der Waals surface area contributed by atoms with Crippen molar-refractivity contribution in [3.05, 3.63) is 33.8 Å². The zero-order valence-electron chi connectivity index (χ0n) is 10.4. The van der Waals surface area contributed by atoms with Gasteiger partial charge in [-0.25, -0.2) is 0 Å². The van der Waals surface area contributed by atoms with Crippen molar-refractivity contribution < 1.29 is 0 Å². The van der Waals surface area contributed by atoms with Crippen LogP contribution in [0, 0.1) is 0 Å². The second-order valence-corrected chi connectivity index (χ2v) is 5.98. The molecule has 94 valence electrons. The third-order valence-corrected chi connectivity index (χ3v) is 4.05. The molecule has 1 aromatic carbocycles. The first-order valence-corrected chi connectivity index (χ1v) is 7.02. The van der Waals surface area contributed by atoms with Crippen LogP contribution in [0.5, 0.6) is 0 Å². The van der Waals surface area contributed by atoms with Crippen LogP contribution in [-0.4, -0.2) is 24.0 Å². The molecule has 0 radical (unpaired) electrons. The average Bonchev–Trinajstić information content (AvgIpc) is 2.28. The van der Waals surface area contributed by atoms with Crippen LogP contribution in [0.4, 0.5) is 0 Å². The first-order valence-electron chi connectivity index (χ1n) is 6.26. The van der Waals surface area contributed by atoms with E-state index in [1.165, 1.54) is 31.5 Å². The minimum atomic E-state index is 0.612. The fourth-order valence-electron chi connectivity index (χ4n) is 2.56. The number of hydrogen-bond acceptors (Lipinski definition) is 1. The fourth-order valence-corrected chi connectivity index (χ4v) is 3.10. The minimum absolute atomic E-state index is 0.612. The summed E-state index contributed by atoms with van der Waals surface area (Å²) in [7, 11) is 0. The Hall–Kier alpha value is -0.240. The highest BCUT2D eigenvalue weighted by Crippen LogP contribution is 2.32. The molecule has 0 aromatic heterocycles. The third-order valence-electron chi connectivity index (χ3n) is 3.62. The molecule has 1 nitrogen and oxygen atoms in total. The van der Waals surface area contributed by atoms with Crippen LogP contribution in [0.25, 0.3) is 0 Å². The number of piperidine rings is 1. The van der Waals surface area contributed by atoms with Gasteiger partial charge in [0.25, 0.3) is 0 Å². The molecule has 1 heterocycles. The number of halogens is 2. The van der Waals surface area contributed by atoms with E-state index in [2.05, 4.69) is 30.9 Å². The molecule has 1 aromatic rings. The van der Waals surface area contributed by atoms with E-state index in [0.717, 1.165) is 10.0 Å². The molecular formula is C14H19Cl2N. The van der Waals surface area contributed by atoms with Crippen molar-refractivity contribution in [2.45, 2.75) is 38.6 Å². The quantitative estimate of drug-likeness (QED) is 0.761. The van der Waals surface area contributed by atoms with Gasteiger partial charge < -0.3 is 4.90 Å².